The molecule has 0 radical (unpaired) electrons. The summed E-state index contributed by atoms with van der Waals surface area (Å²) in [7, 11) is 0. The van der Waals surface area contributed by atoms with E-state index in [4.69, 9.17) is 27.9 Å². The number of halogens is 3. The van der Waals surface area contributed by atoms with Crippen LogP contribution in [0.4, 0.5) is 4.39 Å². The molecule has 106 valence electrons. The van der Waals surface area contributed by atoms with E-state index < -0.39 is 5.82 Å². The van der Waals surface area contributed by atoms with Crippen molar-refractivity contribution in [2.45, 2.75) is 20.3 Å². The van der Waals surface area contributed by atoms with Crippen LogP contribution in [-0.2, 0) is 6.42 Å². The Labute approximate surface area is 128 Å². The van der Waals surface area contributed by atoms with Crippen molar-refractivity contribution in [2.24, 2.45) is 5.92 Å². The highest BCUT2D eigenvalue weighted by molar-refractivity contribution is 6.37. The van der Waals surface area contributed by atoms with E-state index in [1.54, 1.807) is 0 Å². The summed E-state index contributed by atoms with van der Waals surface area (Å²) in [6.07, 6.45) is 1.01. The van der Waals surface area contributed by atoms with Crippen LogP contribution in [0.15, 0.2) is 36.4 Å². The quantitative estimate of drug-likeness (QED) is 0.660. The zero-order valence-corrected chi connectivity index (χ0v) is 12.8. The van der Waals surface area contributed by atoms with E-state index in [0.29, 0.717) is 11.7 Å². The summed E-state index contributed by atoms with van der Waals surface area (Å²) in [6, 6.07) is 10.1. The van der Waals surface area contributed by atoms with E-state index >= 15 is 0 Å². The summed E-state index contributed by atoms with van der Waals surface area (Å²) < 4.78 is 18.7. The average Bonchev–Trinajstić information content (AvgIpc) is 2.35. The van der Waals surface area contributed by atoms with Crippen LogP contribution in [0.5, 0.6) is 11.5 Å². The molecule has 0 N–H and O–H groups in total. The van der Waals surface area contributed by atoms with Crippen molar-refractivity contribution in [2.75, 3.05) is 0 Å². The van der Waals surface area contributed by atoms with Crippen LogP contribution < -0.4 is 4.74 Å². The van der Waals surface area contributed by atoms with Crippen molar-refractivity contribution in [1.29, 1.82) is 0 Å². The number of ether oxygens (including phenoxy) is 1. The SMILES string of the molecule is CC(C)Cc1ccc(Oc2c(Cl)cc(F)cc2Cl)cc1. The molecule has 0 unspecified atom stereocenters. The summed E-state index contributed by atoms with van der Waals surface area (Å²) in [5.41, 5.74) is 1.24. The van der Waals surface area contributed by atoms with E-state index in [1.807, 2.05) is 24.3 Å². The van der Waals surface area contributed by atoms with Gasteiger partial charge in [-0.3, -0.25) is 0 Å². The minimum atomic E-state index is -0.486. The molecule has 0 saturated heterocycles. The smallest absolute Gasteiger partial charge is 0.164 e. The number of hydrogen-bond acceptors (Lipinski definition) is 1. The highest BCUT2D eigenvalue weighted by Gasteiger charge is 2.11. The molecule has 0 saturated carbocycles. The summed E-state index contributed by atoms with van der Waals surface area (Å²) in [5, 5.41) is 0.308. The van der Waals surface area contributed by atoms with Crippen molar-refractivity contribution < 1.29 is 9.13 Å². The van der Waals surface area contributed by atoms with Gasteiger partial charge < -0.3 is 4.74 Å². The molecule has 4 heteroatoms. The van der Waals surface area contributed by atoms with Crippen LogP contribution >= 0.6 is 23.2 Å². The predicted octanol–water partition coefficient (Wildman–Crippen LogP) is 6.12. The molecule has 0 atom stereocenters. The van der Waals surface area contributed by atoms with Gasteiger partial charge >= 0.3 is 0 Å². The van der Waals surface area contributed by atoms with Gasteiger partial charge in [-0.1, -0.05) is 49.2 Å². The third-order valence-electron chi connectivity index (χ3n) is 2.75. The maximum atomic E-state index is 13.1. The molecule has 20 heavy (non-hydrogen) atoms. The molecule has 0 bridgehead atoms. The van der Waals surface area contributed by atoms with Crippen molar-refractivity contribution in [3.63, 3.8) is 0 Å². The van der Waals surface area contributed by atoms with Crippen LogP contribution in [0.1, 0.15) is 19.4 Å². The minimum absolute atomic E-state index is 0.154. The van der Waals surface area contributed by atoms with Crippen LogP contribution in [0.25, 0.3) is 0 Å². The molecular formula is C16H15Cl2FO. The lowest BCUT2D eigenvalue weighted by Gasteiger charge is -2.11. The number of rotatable bonds is 4. The fourth-order valence-corrected chi connectivity index (χ4v) is 2.45. The lowest BCUT2D eigenvalue weighted by atomic mass is 10.0. The first-order valence-electron chi connectivity index (χ1n) is 6.37. The molecule has 0 amide bonds. The van der Waals surface area contributed by atoms with Crippen LogP contribution in [0.2, 0.25) is 10.0 Å². The zero-order chi connectivity index (χ0) is 14.7. The Morgan fingerprint density at radius 3 is 2.10 bits per heavy atom. The molecule has 0 spiro atoms. The van der Waals surface area contributed by atoms with Gasteiger partial charge in [-0.05, 0) is 42.2 Å². The van der Waals surface area contributed by atoms with Gasteiger partial charge in [-0.2, -0.15) is 0 Å². The van der Waals surface area contributed by atoms with Crippen molar-refractivity contribution in [3.05, 3.63) is 57.8 Å². The lowest BCUT2D eigenvalue weighted by Crippen LogP contribution is -1.94. The van der Waals surface area contributed by atoms with Crippen LogP contribution in [0, 0.1) is 11.7 Å². The molecule has 0 aromatic heterocycles. The Kier molecular flexibility index (Phi) is 4.90. The first-order valence-corrected chi connectivity index (χ1v) is 7.12. The molecular weight excluding hydrogens is 298 g/mol. The second kappa shape index (κ2) is 6.47. The zero-order valence-electron chi connectivity index (χ0n) is 11.3. The summed E-state index contributed by atoms with van der Waals surface area (Å²) in [5.74, 6) is 1.00. The first-order chi connectivity index (χ1) is 9.45. The monoisotopic (exact) mass is 312 g/mol. The molecule has 2 aromatic rings. The highest BCUT2D eigenvalue weighted by atomic mass is 35.5. The first kappa shape index (κ1) is 15.1. The van der Waals surface area contributed by atoms with E-state index in [-0.39, 0.29) is 15.8 Å². The summed E-state index contributed by atoms with van der Waals surface area (Å²) >= 11 is 11.9. The van der Waals surface area contributed by atoms with E-state index in [2.05, 4.69) is 13.8 Å². The van der Waals surface area contributed by atoms with Crippen LogP contribution in [-0.4, -0.2) is 0 Å². The fraction of sp³-hybridized carbons (Fsp3) is 0.250. The van der Waals surface area contributed by atoms with E-state index in [0.717, 1.165) is 6.42 Å². The number of hydrogen-bond donors (Lipinski definition) is 0. The Balaban J connectivity index is 2.18. The molecule has 0 fully saturated rings. The van der Waals surface area contributed by atoms with Crippen molar-refractivity contribution >= 4 is 23.2 Å². The maximum absolute atomic E-state index is 13.1. The van der Waals surface area contributed by atoms with Gasteiger partial charge in [0.1, 0.15) is 11.6 Å². The summed E-state index contributed by atoms with van der Waals surface area (Å²) in [6.45, 7) is 4.34. The largest absolute Gasteiger partial charge is 0.454 e. The van der Waals surface area contributed by atoms with Gasteiger partial charge in [0.05, 0.1) is 10.0 Å². The third kappa shape index (κ3) is 3.87. The van der Waals surface area contributed by atoms with Gasteiger partial charge in [0.15, 0.2) is 5.75 Å². The fourth-order valence-electron chi connectivity index (χ4n) is 1.91. The molecule has 0 aliphatic heterocycles. The van der Waals surface area contributed by atoms with E-state index in [9.17, 15) is 4.39 Å². The van der Waals surface area contributed by atoms with Crippen molar-refractivity contribution in [3.8, 4) is 11.5 Å². The third-order valence-corrected chi connectivity index (χ3v) is 3.31. The summed E-state index contributed by atoms with van der Waals surface area (Å²) in [4.78, 5) is 0. The van der Waals surface area contributed by atoms with Gasteiger partial charge in [0.2, 0.25) is 0 Å². The van der Waals surface area contributed by atoms with Gasteiger partial charge in [-0.25, -0.2) is 4.39 Å². The van der Waals surface area contributed by atoms with Gasteiger partial charge in [0.25, 0.3) is 0 Å². The average molecular weight is 313 g/mol. The standard InChI is InChI=1S/C16H15Cl2FO/c1-10(2)7-11-3-5-13(6-4-11)20-16-14(17)8-12(19)9-15(16)18/h3-6,8-10H,7H2,1-2H3. The highest BCUT2D eigenvalue weighted by Crippen LogP contribution is 2.37. The molecule has 1 nitrogen and oxygen atoms in total. The Bertz CT molecular complexity index is 571. The Hall–Kier alpha value is -1.25. The van der Waals surface area contributed by atoms with Gasteiger partial charge in [-0.15, -0.1) is 0 Å². The minimum Gasteiger partial charge on any atom is -0.454 e. The van der Waals surface area contributed by atoms with Crippen molar-refractivity contribution in [1.82, 2.24) is 0 Å². The Morgan fingerprint density at radius 1 is 1.05 bits per heavy atom. The Morgan fingerprint density at radius 2 is 1.60 bits per heavy atom. The molecule has 0 aliphatic carbocycles. The number of benzene rings is 2. The predicted molar refractivity (Wildman–Crippen MR) is 81.5 cm³/mol. The molecule has 0 aliphatic rings. The molecule has 2 aromatic carbocycles. The maximum Gasteiger partial charge on any atom is 0.164 e. The molecule has 0 heterocycles. The molecule has 2 rings (SSSR count). The second-order valence-corrected chi connectivity index (χ2v) is 5.86. The van der Waals surface area contributed by atoms with E-state index in [1.165, 1.54) is 17.7 Å². The van der Waals surface area contributed by atoms with Crippen LogP contribution in [0.3, 0.4) is 0 Å². The lowest BCUT2D eigenvalue weighted by molar-refractivity contribution is 0.480. The normalized spacial score (nSPS) is 10.9. The van der Waals surface area contributed by atoms with Gasteiger partial charge in [0, 0.05) is 0 Å². The topological polar surface area (TPSA) is 9.23 Å². The second-order valence-electron chi connectivity index (χ2n) is 5.04.